The topological polar surface area (TPSA) is 84.0 Å². The second-order valence-electron chi connectivity index (χ2n) is 4.47. The number of aromatic nitrogens is 2. The van der Waals surface area contributed by atoms with E-state index in [0.29, 0.717) is 17.9 Å². The number of hydrogen-bond acceptors (Lipinski definition) is 6. The SMILES string of the molecule is CCCNc1cccnc1S(=O)(=O)NCc1csc(C)n1. The number of hydrogen-bond donors (Lipinski definition) is 2. The second kappa shape index (κ2) is 6.97. The Balaban J connectivity index is 2.15. The number of aryl methyl sites for hydroxylation is 1. The van der Waals surface area contributed by atoms with Crippen LogP contribution in [0.15, 0.2) is 28.7 Å². The average molecular weight is 326 g/mol. The fourth-order valence-corrected chi connectivity index (χ4v) is 3.44. The molecule has 0 unspecified atom stereocenters. The first-order valence-electron chi connectivity index (χ1n) is 6.62. The first kappa shape index (κ1) is 15.9. The van der Waals surface area contributed by atoms with Gasteiger partial charge in [-0.15, -0.1) is 11.3 Å². The van der Waals surface area contributed by atoms with Gasteiger partial charge in [0.25, 0.3) is 10.0 Å². The van der Waals surface area contributed by atoms with Crippen LogP contribution < -0.4 is 10.0 Å². The highest BCUT2D eigenvalue weighted by Crippen LogP contribution is 2.18. The summed E-state index contributed by atoms with van der Waals surface area (Å²) in [6.07, 6.45) is 2.37. The van der Waals surface area contributed by atoms with Gasteiger partial charge in [-0.3, -0.25) is 0 Å². The molecule has 2 aromatic rings. The zero-order valence-electron chi connectivity index (χ0n) is 12.0. The Morgan fingerprint density at radius 3 is 2.86 bits per heavy atom. The summed E-state index contributed by atoms with van der Waals surface area (Å²) in [5.41, 5.74) is 1.22. The minimum atomic E-state index is -3.67. The zero-order chi connectivity index (χ0) is 15.3. The predicted molar refractivity (Wildman–Crippen MR) is 83.9 cm³/mol. The molecule has 0 aromatic carbocycles. The number of thiazole rings is 1. The van der Waals surface area contributed by atoms with E-state index in [1.165, 1.54) is 17.5 Å². The lowest BCUT2D eigenvalue weighted by Crippen LogP contribution is -2.25. The van der Waals surface area contributed by atoms with Gasteiger partial charge in [0.05, 0.1) is 22.9 Å². The molecular formula is C13H18N4O2S2. The molecule has 2 N–H and O–H groups in total. The normalized spacial score (nSPS) is 11.5. The van der Waals surface area contributed by atoms with Gasteiger partial charge < -0.3 is 5.32 Å². The van der Waals surface area contributed by atoms with E-state index in [1.807, 2.05) is 19.2 Å². The minimum absolute atomic E-state index is 0.0189. The lowest BCUT2D eigenvalue weighted by atomic mass is 10.4. The van der Waals surface area contributed by atoms with Gasteiger partial charge in [-0.25, -0.2) is 23.1 Å². The Bertz CT molecular complexity index is 698. The van der Waals surface area contributed by atoms with E-state index in [0.717, 1.165) is 11.4 Å². The third-order valence-electron chi connectivity index (χ3n) is 2.70. The van der Waals surface area contributed by atoms with Crippen LogP contribution in [-0.2, 0) is 16.6 Å². The molecule has 6 nitrogen and oxygen atoms in total. The van der Waals surface area contributed by atoms with Gasteiger partial charge in [0.2, 0.25) is 0 Å². The van der Waals surface area contributed by atoms with Crippen molar-refractivity contribution in [3.63, 3.8) is 0 Å². The van der Waals surface area contributed by atoms with Gasteiger partial charge in [0.1, 0.15) is 0 Å². The van der Waals surface area contributed by atoms with Crippen molar-refractivity contribution in [2.24, 2.45) is 0 Å². The molecule has 0 saturated heterocycles. The van der Waals surface area contributed by atoms with Crippen molar-refractivity contribution in [3.05, 3.63) is 34.4 Å². The van der Waals surface area contributed by atoms with Gasteiger partial charge in [-0.05, 0) is 25.5 Å². The van der Waals surface area contributed by atoms with E-state index in [9.17, 15) is 8.42 Å². The summed E-state index contributed by atoms with van der Waals surface area (Å²) in [7, 11) is -3.67. The van der Waals surface area contributed by atoms with E-state index < -0.39 is 10.0 Å². The quantitative estimate of drug-likeness (QED) is 0.814. The lowest BCUT2D eigenvalue weighted by molar-refractivity contribution is 0.577. The molecule has 0 fully saturated rings. The van der Waals surface area contributed by atoms with Gasteiger partial charge in [0.15, 0.2) is 5.03 Å². The Morgan fingerprint density at radius 1 is 1.38 bits per heavy atom. The Kier molecular flexibility index (Phi) is 5.27. The molecule has 0 aliphatic carbocycles. The molecule has 8 heteroatoms. The fraction of sp³-hybridized carbons (Fsp3) is 0.385. The highest BCUT2D eigenvalue weighted by Gasteiger charge is 2.20. The number of sulfonamides is 1. The molecule has 0 aliphatic rings. The molecule has 114 valence electrons. The minimum Gasteiger partial charge on any atom is -0.383 e. The Labute approximate surface area is 128 Å². The monoisotopic (exact) mass is 326 g/mol. The van der Waals surface area contributed by atoms with Gasteiger partial charge in [-0.1, -0.05) is 6.92 Å². The molecule has 0 atom stereocenters. The maximum Gasteiger partial charge on any atom is 0.260 e. The molecule has 2 heterocycles. The molecule has 0 saturated carbocycles. The van der Waals surface area contributed by atoms with Crippen molar-refractivity contribution in [1.29, 1.82) is 0 Å². The van der Waals surface area contributed by atoms with E-state index in [2.05, 4.69) is 20.0 Å². The molecule has 0 amide bonds. The molecular weight excluding hydrogens is 308 g/mol. The Morgan fingerprint density at radius 2 is 2.19 bits per heavy atom. The van der Waals surface area contributed by atoms with Gasteiger partial charge in [-0.2, -0.15) is 0 Å². The van der Waals surface area contributed by atoms with E-state index in [-0.39, 0.29) is 11.6 Å². The number of anilines is 1. The number of rotatable bonds is 7. The van der Waals surface area contributed by atoms with Gasteiger partial charge in [0, 0.05) is 18.1 Å². The fourth-order valence-electron chi connectivity index (χ4n) is 1.73. The number of pyridine rings is 1. The first-order chi connectivity index (χ1) is 10.0. The summed E-state index contributed by atoms with van der Waals surface area (Å²) in [5.74, 6) is 0. The van der Waals surface area contributed by atoms with Crippen LogP contribution >= 0.6 is 11.3 Å². The second-order valence-corrected chi connectivity index (χ2v) is 7.21. The third kappa shape index (κ3) is 4.23. The van der Waals surface area contributed by atoms with Crippen LogP contribution in [0.4, 0.5) is 5.69 Å². The summed E-state index contributed by atoms with van der Waals surface area (Å²) in [5, 5.41) is 5.84. The summed E-state index contributed by atoms with van der Waals surface area (Å²) < 4.78 is 27.3. The summed E-state index contributed by atoms with van der Waals surface area (Å²) >= 11 is 1.49. The predicted octanol–water partition coefficient (Wildman–Crippen LogP) is 2.15. The number of nitrogens with one attached hydrogen (secondary N) is 2. The molecule has 0 aliphatic heterocycles. The maximum absolute atomic E-state index is 12.4. The van der Waals surface area contributed by atoms with E-state index in [4.69, 9.17) is 0 Å². The largest absolute Gasteiger partial charge is 0.383 e. The van der Waals surface area contributed by atoms with Crippen LogP contribution in [0.1, 0.15) is 24.0 Å². The summed E-state index contributed by atoms with van der Waals surface area (Å²) in [4.78, 5) is 8.22. The van der Waals surface area contributed by atoms with E-state index >= 15 is 0 Å². The molecule has 0 radical (unpaired) electrons. The lowest BCUT2D eigenvalue weighted by Gasteiger charge is -2.11. The summed E-state index contributed by atoms with van der Waals surface area (Å²) in [6, 6.07) is 3.42. The van der Waals surface area contributed by atoms with Crippen LogP contribution in [0.25, 0.3) is 0 Å². The van der Waals surface area contributed by atoms with Crippen LogP contribution in [0.5, 0.6) is 0 Å². The van der Waals surface area contributed by atoms with Crippen LogP contribution in [0, 0.1) is 6.92 Å². The van der Waals surface area contributed by atoms with Crippen LogP contribution in [0.2, 0.25) is 0 Å². The maximum atomic E-state index is 12.4. The van der Waals surface area contributed by atoms with Crippen molar-refractivity contribution >= 4 is 27.0 Å². The molecule has 2 rings (SSSR count). The first-order valence-corrected chi connectivity index (χ1v) is 8.99. The summed E-state index contributed by atoms with van der Waals surface area (Å²) in [6.45, 7) is 4.75. The van der Waals surface area contributed by atoms with Crippen LogP contribution in [-0.4, -0.2) is 24.9 Å². The molecule has 21 heavy (non-hydrogen) atoms. The van der Waals surface area contributed by atoms with Crippen molar-refractivity contribution < 1.29 is 8.42 Å². The third-order valence-corrected chi connectivity index (χ3v) is 4.88. The van der Waals surface area contributed by atoms with Crippen LogP contribution in [0.3, 0.4) is 0 Å². The molecule has 0 bridgehead atoms. The van der Waals surface area contributed by atoms with Crippen molar-refractivity contribution in [2.45, 2.75) is 31.8 Å². The van der Waals surface area contributed by atoms with Crippen molar-refractivity contribution in [3.8, 4) is 0 Å². The highest BCUT2D eigenvalue weighted by atomic mass is 32.2. The van der Waals surface area contributed by atoms with E-state index in [1.54, 1.807) is 12.1 Å². The molecule has 2 aromatic heterocycles. The Hall–Kier alpha value is -1.51. The number of nitrogens with zero attached hydrogens (tertiary/aromatic N) is 2. The standard InChI is InChI=1S/C13H18N4O2S2/c1-3-6-14-12-5-4-7-15-13(12)21(18,19)16-8-11-9-20-10(2)17-11/h4-5,7,9,14,16H,3,6,8H2,1-2H3. The smallest absolute Gasteiger partial charge is 0.260 e. The average Bonchev–Trinajstić information content (AvgIpc) is 2.89. The zero-order valence-corrected chi connectivity index (χ0v) is 13.6. The van der Waals surface area contributed by atoms with Gasteiger partial charge >= 0.3 is 0 Å². The van der Waals surface area contributed by atoms with Crippen molar-refractivity contribution in [2.75, 3.05) is 11.9 Å². The highest BCUT2D eigenvalue weighted by molar-refractivity contribution is 7.89. The molecule has 0 spiro atoms. The van der Waals surface area contributed by atoms with Crippen molar-refractivity contribution in [1.82, 2.24) is 14.7 Å².